The minimum absolute atomic E-state index is 0.403. The van der Waals surface area contributed by atoms with E-state index < -0.39 is 11.6 Å². The molecule has 1 aliphatic rings. The molecule has 0 amide bonds. The van der Waals surface area contributed by atoms with Crippen LogP contribution in [0.25, 0.3) is 0 Å². The SMILES string of the molecule is COC1(c2noc(C(N)c3cnn(C)c3)n2)CCCCC1. The summed E-state index contributed by atoms with van der Waals surface area (Å²) in [5, 5.41) is 8.23. The van der Waals surface area contributed by atoms with E-state index in [1.165, 1.54) is 6.42 Å². The maximum Gasteiger partial charge on any atom is 0.248 e. The van der Waals surface area contributed by atoms with Crippen LogP contribution in [0.1, 0.15) is 55.4 Å². The number of aromatic nitrogens is 4. The minimum Gasteiger partial charge on any atom is -0.370 e. The Kier molecular flexibility index (Phi) is 3.77. The highest BCUT2D eigenvalue weighted by atomic mass is 16.5. The van der Waals surface area contributed by atoms with Gasteiger partial charge in [-0.15, -0.1) is 0 Å². The smallest absolute Gasteiger partial charge is 0.248 e. The monoisotopic (exact) mass is 291 g/mol. The second-order valence-electron chi connectivity index (χ2n) is 5.64. The highest BCUT2D eigenvalue weighted by Crippen LogP contribution is 2.38. The molecule has 2 heterocycles. The molecule has 0 aromatic carbocycles. The van der Waals surface area contributed by atoms with Gasteiger partial charge in [-0.2, -0.15) is 10.1 Å². The van der Waals surface area contributed by atoms with Crippen LogP contribution >= 0.6 is 0 Å². The predicted molar refractivity (Wildman–Crippen MR) is 75.3 cm³/mol. The third-order valence-electron chi connectivity index (χ3n) is 4.25. The maximum absolute atomic E-state index is 6.17. The van der Waals surface area contributed by atoms with Crippen LogP contribution in [0.4, 0.5) is 0 Å². The van der Waals surface area contributed by atoms with E-state index in [9.17, 15) is 0 Å². The molecule has 1 fully saturated rings. The molecule has 1 saturated carbocycles. The van der Waals surface area contributed by atoms with Crippen molar-refractivity contribution in [1.82, 2.24) is 19.9 Å². The molecule has 1 atom stereocenters. The molecule has 0 bridgehead atoms. The normalized spacial score (nSPS) is 19.6. The third-order valence-corrected chi connectivity index (χ3v) is 4.25. The fourth-order valence-corrected chi connectivity index (χ4v) is 2.93. The lowest BCUT2D eigenvalue weighted by Gasteiger charge is -2.32. The molecule has 0 spiro atoms. The van der Waals surface area contributed by atoms with E-state index in [0.717, 1.165) is 31.2 Å². The molecule has 0 aliphatic heterocycles. The molecule has 3 rings (SSSR count). The summed E-state index contributed by atoms with van der Waals surface area (Å²) in [6, 6.07) is -0.461. The van der Waals surface area contributed by atoms with E-state index in [-0.39, 0.29) is 0 Å². The summed E-state index contributed by atoms with van der Waals surface area (Å²) < 4.78 is 12.8. The van der Waals surface area contributed by atoms with Crippen LogP contribution in [-0.4, -0.2) is 27.0 Å². The van der Waals surface area contributed by atoms with E-state index in [1.54, 1.807) is 18.0 Å². The zero-order chi connectivity index (χ0) is 14.9. The van der Waals surface area contributed by atoms with Crippen LogP contribution in [0.2, 0.25) is 0 Å². The summed E-state index contributed by atoms with van der Waals surface area (Å²) in [4.78, 5) is 4.50. The fourth-order valence-electron chi connectivity index (χ4n) is 2.93. The average molecular weight is 291 g/mol. The van der Waals surface area contributed by atoms with Crippen molar-refractivity contribution in [2.75, 3.05) is 7.11 Å². The van der Waals surface area contributed by atoms with Gasteiger partial charge in [0.1, 0.15) is 11.6 Å². The molecule has 2 aromatic heterocycles. The van der Waals surface area contributed by atoms with Crippen LogP contribution in [-0.2, 0) is 17.4 Å². The molecule has 0 saturated heterocycles. The van der Waals surface area contributed by atoms with Crippen molar-refractivity contribution < 1.29 is 9.26 Å². The molecule has 7 nitrogen and oxygen atoms in total. The zero-order valence-corrected chi connectivity index (χ0v) is 12.5. The van der Waals surface area contributed by atoms with Crippen LogP contribution in [0.5, 0.6) is 0 Å². The average Bonchev–Trinajstić information content (AvgIpc) is 3.16. The highest BCUT2D eigenvalue weighted by Gasteiger charge is 2.39. The predicted octanol–water partition coefficient (Wildman–Crippen LogP) is 1.66. The Morgan fingerprint density at radius 2 is 2.14 bits per heavy atom. The molecule has 2 aromatic rings. The number of methoxy groups -OCH3 is 1. The van der Waals surface area contributed by atoms with Gasteiger partial charge in [-0.3, -0.25) is 4.68 Å². The topological polar surface area (TPSA) is 92.0 Å². The molecule has 114 valence electrons. The molecular formula is C14H21N5O2. The standard InChI is InChI=1S/C14H21N5O2/c1-19-9-10(8-16-19)11(15)12-17-13(18-21-12)14(20-2)6-4-3-5-7-14/h8-9,11H,3-7,15H2,1-2H3. The lowest BCUT2D eigenvalue weighted by atomic mass is 9.84. The molecule has 2 N–H and O–H groups in total. The summed E-state index contributed by atoms with van der Waals surface area (Å²) in [5.41, 5.74) is 6.59. The van der Waals surface area contributed by atoms with Crippen molar-refractivity contribution in [3.05, 3.63) is 29.7 Å². The first-order valence-corrected chi connectivity index (χ1v) is 7.28. The number of rotatable bonds is 4. The van der Waals surface area contributed by atoms with Gasteiger partial charge in [-0.1, -0.05) is 24.4 Å². The zero-order valence-electron chi connectivity index (χ0n) is 12.5. The van der Waals surface area contributed by atoms with E-state index >= 15 is 0 Å². The van der Waals surface area contributed by atoms with Gasteiger partial charge in [0, 0.05) is 25.9 Å². The van der Waals surface area contributed by atoms with Crippen molar-refractivity contribution in [3.8, 4) is 0 Å². The largest absolute Gasteiger partial charge is 0.370 e. The van der Waals surface area contributed by atoms with Gasteiger partial charge in [0.15, 0.2) is 0 Å². The van der Waals surface area contributed by atoms with Crippen LogP contribution in [0, 0.1) is 0 Å². The second-order valence-corrected chi connectivity index (χ2v) is 5.64. The number of nitrogens with zero attached hydrogens (tertiary/aromatic N) is 4. The molecule has 21 heavy (non-hydrogen) atoms. The molecule has 1 aliphatic carbocycles. The van der Waals surface area contributed by atoms with Crippen LogP contribution in [0.3, 0.4) is 0 Å². The summed E-state index contributed by atoms with van der Waals surface area (Å²) >= 11 is 0. The van der Waals surface area contributed by atoms with E-state index in [4.69, 9.17) is 15.0 Å². The first-order chi connectivity index (χ1) is 10.1. The van der Waals surface area contributed by atoms with Crippen molar-refractivity contribution in [2.24, 2.45) is 12.8 Å². The lowest BCUT2D eigenvalue weighted by molar-refractivity contribution is -0.0527. The van der Waals surface area contributed by atoms with Gasteiger partial charge in [0.25, 0.3) is 0 Å². The van der Waals surface area contributed by atoms with Crippen LogP contribution < -0.4 is 5.73 Å². The summed E-state index contributed by atoms with van der Waals surface area (Å²) in [6.07, 6.45) is 8.86. The minimum atomic E-state index is -0.461. The molecule has 7 heteroatoms. The van der Waals surface area contributed by atoms with E-state index in [2.05, 4.69) is 15.2 Å². The molecule has 0 radical (unpaired) electrons. The Morgan fingerprint density at radius 3 is 2.76 bits per heavy atom. The van der Waals surface area contributed by atoms with Gasteiger partial charge in [0.05, 0.1) is 6.20 Å². The Hall–Kier alpha value is -1.73. The number of hydrogen-bond donors (Lipinski definition) is 1. The van der Waals surface area contributed by atoms with E-state index in [1.807, 2.05) is 13.2 Å². The van der Waals surface area contributed by atoms with Gasteiger partial charge in [-0.25, -0.2) is 0 Å². The summed E-state index contributed by atoms with van der Waals surface area (Å²) in [5.74, 6) is 1.01. The Labute approximate surface area is 123 Å². The van der Waals surface area contributed by atoms with Gasteiger partial charge < -0.3 is 15.0 Å². The van der Waals surface area contributed by atoms with Gasteiger partial charge in [0.2, 0.25) is 11.7 Å². The number of aryl methyl sites for hydroxylation is 1. The Morgan fingerprint density at radius 1 is 1.38 bits per heavy atom. The quantitative estimate of drug-likeness (QED) is 0.921. The van der Waals surface area contributed by atoms with Crippen molar-refractivity contribution in [1.29, 1.82) is 0 Å². The fraction of sp³-hybridized carbons (Fsp3) is 0.643. The second kappa shape index (κ2) is 5.57. The first-order valence-electron chi connectivity index (χ1n) is 7.28. The number of nitrogens with two attached hydrogens (primary N) is 1. The number of hydrogen-bond acceptors (Lipinski definition) is 6. The lowest BCUT2D eigenvalue weighted by Crippen LogP contribution is -2.32. The Bertz CT molecular complexity index is 600. The summed E-state index contributed by atoms with van der Waals surface area (Å²) in [7, 11) is 3.56. The first kappa shape index (κ1) is 14.2. The van der Waals surface area contributed by atoms with Crippen molar-refractivity contribution in [2.45, 2.75) is 43.7 Å². The van der Waals surface area contributed by atoms with Gasteiger partial charge in [-0.05, 0) is 12.8 Å². The van der Waals surface area contributed by atoms with Crippen molar-refractivity contribution >= 4 is 0 Å². The molecule has 1 unspecified atom stereocenters. The molecular weight excluding hydrogens is 270 g/mol. The Balaban J connectivity index is 1.85. The van der Waals surface area contributed by atoms with Crippen molar-refractivity contribution in [3.63, 3.8) is 0 Å². The van der Waals surface area contributed by atoms with Gasteiger partial charge >= 0.3 is 0 Å². The number of ether oxygens (including phenoxy) is 1. The third kappa shape index (κ3) is 2.58. The van der Waals surface area contributed by atoms with Crippen LogP contribution in [0.15, 0.2) is 16.9 Å². The summed E-state index contributed by atoms with van der Waals surface area (Å²) in [6.45, 7) is 0. The highest BCUT2D eigenvalue weighted by molar-refractivity contribution is 5.17. The maximum atomic E-state index is 6.17. The van der Waals surface area contributed by atoms with E-state index in [0.29, 0.717) is 11.7 Å².